The highest BCUT2D eigenvalue weighted by Gasteiger charge is 2.30. The monoisotopic (exact) mass is 376 g/mol. The molecule has 0 heterocycles. The number of carbonyl (C=O) groups excluding carboxylic acids is 2. The van der Waals surface area contributed by atoms with E-state index in [9.17, 15) is 22.8 Å². The lowest BCUT2D eigenvalue weighted by molar-refractivity contribution is -0.137. The SMILES string of the molecule is CC(NC(=O)CNC(=O)/C=C/c1ccccc1)c1cccc(C(F)(F)F)c1. The van der Waals surface area contributed by atoms with Gasteiger partial charge in [-0.25, -0.2) is 0 Å². The van der Waals surface area contributed by atoms with E-state index in [1.807, 2.05) is 30.3 Å². The second kappa shape index (κ2) is 9.02. The molecule has 0 aliphatic rings. The van der Waals surface area contributed by atoms with Gasteiger partial charge in [-0.15, -0.1) is 0 Å². The van der Waals surface area contributed by atoms with Gasteiger partial charge in [0, 0.05) is 6.08 Å². The Labute approximate surface area is 155 Å². The predicted octanol–water partition coefficient (Wildman–Crippen LogP) is 3.71. The molecule has 142 valence electrons. The van der Waals surface area contributed by atoms with Crippen LogP contribution in [0.3, 0.4) is 0 Å². The van der Waals surface area contributed by atoms with Gasteiger partial charge >= 0.3 is 6.18 Å². The van der Waals surface area contributed by atoms with Crippen molar-refractivity contribution in [2.75, 3.05) is 6.54 Å². The Morgan fingerprint density at radius 2 is 1.78 bits per heavy atom. The topological polar surface area (TPSA) is 58.2 Å². The largest absolute Gasteiger partial charge is 0.416 e. The smallest absolute Gasteiger partial charge is 0.348 e. The van der Waals surface area contributed by atoms with Gasteiger partial charge in [-0.2, -0.15) is 13.2 Å². The maximum absolute atomic E-state index is 12.8. The molecule has 0 aliphatic heterocycles. The third kappa shape index (κ3) is 6.62. The Morgan fingerprint density at radius 3 is 2.44 bits per heavy atom. The summed E-state index contributed by atoms with van der Waals surface area (Å²) < 4.78 is 38.3. The number of hydrogen-bond donors (Lipinski definition) is 2. The summed E-state index contributed by atoms with van der Waals surface area (Å²) in [4.78, 5) is 23.6. The lowest BCUT2D eigenvalue weighted by Gasteiger charge is -2.16. The zero-order chi connectivity index (χ0) is 19.9. The van der Waals surface area contributed by atoms with Gasteiger partial charge in [-0.05, 0) is 36.3 Å². The number of halogens is 3. The number of rotatable bonds is 6. The molecule has 0 aromatic heterocycles. The number of carbonyl (C=O) groups is 2. The molecular weight excluding hydrogens is 357 g/mol. The number of nitrogens with one attached hydrogen (secondary N) is 2. The highest BCUT2D eigenvalue weighted by molar-refractivity contribution is 5.94. The Balaban J connectivity index is 1.85. The summed E-state index contributed by atoms with van der Waals surface area (Å²) in [6.45, 7) is 1.30. The van der Waals surface area contributed by atoms with Gasteiger partial charge < -0.3 is 10.6 Å². The summed E-state index contributed by atoms with van der Waals surface area (Å²) in [5.41, 5.74) is 0.393. The number of alkyl halides is 3. The van der Waals surface area contributed by atoms with E-state index in [1.54, 1.807) is 13.0 Å². The average molecular weight is 376 g/mol. The number of hydrogen-bond acceptors (Lipinski definition) is 2. The lowest BCUT2D eigenvalue weighted by Crippen LogP contribution is -2.37. The second-order valence-electron chi connectivity index (χ2n) is 5.87. The van der Waals surface area contributed by atoms with Crippen molar-refractivity contribution in [2.24, 2.45) is 0 Å². The highest BCUT2D eigenvalue weighted by atomic mass is 19.4. The number of amides is 2. The molecule has 27 heavy (non-hydrogen) atoms. The molecule has 7 heteroatoms. The molecule has 0 aliphatic carbocycles. The van der Waals surface area contributed by atoms with Crippen LogP contribution in [0.1, 0.15) is 29.7 Å². The van der Waals surface area contributed by atoms with E-state index >= 15 is 0 Å². The van der Waals surface area contributed by atoms with Crippen molar-refractivity contribution in [3.63, 3.8) is 0 Å². The fourth-order valence-corrected chi connectivity index (χ4v) is 2.32. The van der Waals surface area contributed by atoms with Crippen LogP contribution in [0.2, 0.25) is 0 Å². The Kier molecular flexibility index (Phi) is 6.76. The Morgan fingerprint density at radius 1 is 1.07 bits per heavy atom. The Bertz CT molecular complexity index is 817. The van der Waals surface area contributed by atoms with Gasteiger partial charge in [0.25, 0.3) is 0 Å². The van der Waals surface area contributed by atoms with E-state index in [4.69, 9.17) is 0 Å². The highest BCUT2D eigenvalue weighted by Crippen LogP contribution is 2.30. The molecule has 0 bridgehead atoms. The molecule has 0 saturated heterocycles. The fourth-order valence-electron chi connectivity index (χ4n) is 2.32. The van der Waals surface area contributed by atoms with Crippen LogP contribution in [0, 0.1) is 0 Å². The van der Waals surface area contributed by atoms with Crippen molar-refractivity contribution < 1.29 is 22.8 Å². The van der Waals surface area contributed by atoms with Crippen molar-refractivity contribution in [2.45, 2.75) is 19.1 Å². The molecule has 0 radical (unpaired) electrons. The third-order valence-electron chi connectivity index (χ3n) is 3.74. The summed E-state index contributed by atoms with van der Waals surface area (Å²) in [5, 5.41) is 4.99. The first-order chi connectivity index (χ1) is 12.8. The molecule has 0 saturated carbocycles. The van der Waals surface area contributed by atoms with Gasteiger partial charge in [-0.3, -0.25) is 9.59 Å². The summed E-state index contributed by atoms with van der Waals surface area (Å²) in [6.07, 6.45) is -1.53. The van der Waals surface area contributed by atoms with Crippen LogP contribution in [0.4, 0.5) is 13.2 Å². The van der Waals surface area contributed by atoms with Crippen molar-refractivity contribution in [1.29, 1.82) is 0 Å². The first kappa shape index (κ1) is 20.2. The first-order valence-corrected chi connectivity index (χ1v) is 8.23. The molecule has 2 rings (SSSR count). The molecule has 4 nitrogen and oxygen atoms in total. The minimum absolute atomic E-state index is 0.277. The lowest BCUT2D eigenvalue weighted by atomic mass is 10.0. The minimum Gasteiger partial charge on any atom is -0.348 e. The van der Waals surface area contributed by atoms with E-state index in [-0.39, 0.29) is 6.54 Å². The van der Waals surface area contributed by atoms with Crippen LogP contribution >= 0.6 is 0 Å². The number of benzene rings is 2. The van der Waals surface area contributed by atoms with Crippen LogP contribution in [-0.2, 0) is 15.8 Å². The summed E-state index contributed by atoms with van der Waals surface area (Å²) in [7, 11) is 0. The van der Waals surface area contributed by atoms with Crippen molar-refractivity contribution in [1.82, 2.24) is 10.6 Å². The van der Waals surface area contributed by atoms with E-state index in [2.05, 4.69) is 10.6 Å². The Hall–Kier alpha value is -3.09. The van der Waals surface area contributed by atoms with Gasteiger partial charge in [0.2, 0.25) is 11.8 Å². The van der Waals surface area contributed by atoms with Crippen LogP contribution < -0.4 is 10.6 Å². The fraction of sp³-hybridized carbons (Fsp3) is 0.200. The maximum Gasteiger partial charge on any atom is 0.416 e. The molecule has 0 spiro atoms. The van der Waals surface area contributed by atoms with Crippen LogP contribution in [0.15, 0.2) is 60.7 Å². The first-order valence-electron chi connectivity index (χ1n) is 8.23. The summed E-state index contributed by atoms with van der Waals surface area (Å²) >= 11 is 0. The van der Waals surface area contributed by atoms with Crippen molar-refractivity contribution in [3.05, 3.63) is 77.4 Å². The van der Waals surface area contributed by atoms with E-state index in [1.165, 1.54) is 18.2 Å². The molecule has 1 unspecified atom stereocenters. The molecule has 2 N–H and O–H groups in total. The normalized spacial score (nSPS) is 12.6. The van der Waals surface area contributed by atoms with Crippen molar-refractivity contribution >= 4 is 17.9 Å². The van der Waals surface area contributed by atoms with E-state index in [0.717, 1.165) is 17.7 Å². The second-order valence-corrected chi connectivity index (χ2v) is 5.87. The molecule has 2 aromatic rings. The van der Waals surface area contributed by atoms with Gasteiger partial charge in [0.05, 0.1) is 18.2 Å². The molecule has 1 atom stereocenters. The zero-order valence-electron chi connectivity index (χ0n) is 14.6. The van der Waals surface area contributed by atoms with Gasteiger partial charge in [0.15, 0.2) is 0 Å². The van der Waals surface area contributed by atoms with Crippen LogP contribution in [-0.4, -0.2) is 18.4 Å². The molecule has 2 amide bonds. The van der Waals surface area contributed by atoms with Crippen LogP contribution in [0.5, 0.6) is 0 Å². The van der Waals surface area contributed by atoms with E-state index in [0.29, 0.717) is 5.56 Å². The quantitative estimate of drug-likeness (QED) is 0.755. The molecule has 0 fully saturated rings. The van der Waals surface area contributed by atoms with Crippen molar-refractivity contribution in [3.8, 4) is 0 Å². The molecular formula is C20H19F3N2O2. The van der Waals surface area contributed by atoms with Gasteiger partial charge in [0.1, 0.15) is 0 Å². The maximum atomic E-state index is 12.8. The standard InChI is InChI=1S/C20H19F3N2O2/c1-14(16-8-5-9-17(12-16)20(21,22)23)25-19(27)13-24-18(26)11-10-15-6-3-2-4-7-15/h2-12,14H,13H2,1H3,(H,24,26)(H,25,27)/b11-10+. The predicted molar refractivity (Wildman–Crippen MR) is 96.5 cm³/mol. The summed E-state index contributed by atoms with van der Waals surface area (Å²) in [6, 6.07) is 13.3. The molecule has 2 aromatic carbocycles. The third-order valence-corrected chi connectivity index (χ3v) is 3.74. The average Bonchev–Trinajstić information content (AvgIpc) is 2.65. The summed E-state index contributed by atoms with van der Waals surface area (Å²) in [5.74, 6) is -0.943. The van der Waals surface area contributed by atoms with E-state index < -0.39 is 29.6 Å². The van der Waals surface area contributed by atoms with Crippen LogP contribution in [0.25, 0.3) is 6.08 Å². The minimum atomic E-state index is -4.45. The van der Waals surface area contributed by atoms with Gasteiger partial charge in [-0.1, -0.05) is 42.5 Å². The zero-order valence-corrected chi connectivity index (χ0v) is 14.6.